The zero-order valence-corrected chi connectivity index (χ0v) is 13.8. The van der Waals surface area contributed by atoms with Gasteiger partial charge in [0.05, 0.1) is 0 Å². The fraction of sp³-hybridized carbons (Fsp3) is 0.667. The summed E-state index contributed by atoms with van der Waals surface area (Å²) in [6.45, 7) is 5.91. The van der Waals surface area contributed by atoms with Crippen LogP contribution in [0.1, 0.15) is 56.2 Å². The molecule has 2 nitrogen and oxygen atoms in total. The molecule has 0 amide bonds. The number of nitrogens with zero attached hydrogens (tertiary/aromatic N) is 1. The first-order chi connectivity index (χ1) is 10.3. The van der Waals surface area contributed by atoms with E-state index in [1.165, 1.54) is 69.3 Å². The van der Waals surface area contributed by atoms with Crippen molar-refractivity contribution >= 4 is 11.6 Å². The van der Waals surface area contributed by atoms with E-state index in [2.05, 4.69) is 35.3 Å². The minimum Gasteiger partial charge on any atom is -0.313 e. The molecule has 116 valence electrons. The summed E-state index contributed by atoms with van der Waals surface area (Å²) >= 11 is 6.15. The summed E-state index contributed by atoms with van der Waals surface area (Å²) in [5.41, 5.74) is 2.99. The maximum Gasteiger partial charge on any atom is 0.0408 e. The van der Waals surface area contributed by atoms with Gasteiger partial charge < -0.3 is 5.32 Å². The third-order valence-electron chi connectivity index (χ3n) is 5.01. The molecule has 1 heterocycles. The Morgan fingerprint density at radius 1 is 1.33 bits per heavy atom. The average molecular weight is 307 g/mol. The Kier molecular flexibility index (Phi) is 5.20. The zero-order valence-electron chi connectivity index (χ0n) is 13.1. The van der Waals surface area contributed by atoms with Crippen molar-refractivity contribution < 1.29 is 0 Å². The van der Waals surface area contributed by atoms with E-state index in [1.807, 2.05) is 0 Å². The van der Waals surface area contributed by atoms with Gasteiger partial charge in [-0.2, -0.15) is 0 Å². The van der Waals surface area contributed by atoms with Crippen LogP contribution in [-0.4, -0.2) is 30.6 Å². The van der Waals surface area contributed by atoms with Gasteiger partial charge in [0.15, 0.2) is 0 Å². The standard InChI is InChI=1S/C18H27ClN2/c1-2-3-11-21(13-16-5-4-10-20-16)18-9-6-14-12-15(19)7-8-17(14)18/h7-8,12,16,18,20H,2-6,9-11,13H2,1H3. The van der Waals surface area contributed by atoms with Gasteiger partial charge in [0.2, 0.25) is 0 Å². The largest absolute Gasteiger partial charge is 0.313 e. The Balaban J connectivity index is 1.74. The number of aryl methyl sites for hydroxylation is 1. The van der Waals surface area contributed by atoms with Gasteiger partial charge in [-0.3, -0.25) is 4.90 Å². The lowest BCUT2D eigenvalue weighted by molar-refractivity contribution is 0.177. The number of halogens is 1. The molecule has 21 heavy (non-hydrogen) atoms. The Morgan fingerprint density at radius 3 is 3.00 bits per heavy atom. The fourth-order valence-corrected chi connectivity index (χ4v) is 4.07. The summed E-state index contributed by atoms with van der Waals surface area (Å²) in [6, 6.07) is 7.79. The highest BCUT2D eigenvalue weighted by Gasteiger charge is 2.29. The predicted octanol–water partition coefficient (Wildman–Crippen LogP) is 4.18. The van der Waals surface area contributed by atoms with E-state index in [-0.39, 0.29) is 0 Å². The highest BCUT2D eigenvalue weighted by molar-refractivity contribution is 6.30. The lowest BCUT2D eigenvalue weighted by atomic mass is 10.1. The second kappa shape index (κ2) is 7.13. The van der Waals surface area contributed by atoms with Crippen molar-refractivity contribution in [3.63, 3.8) is 0 Å². The van der Waals surface area contributed by atoms with E-state index in [0.717, 1.165) is 5.02 Å². The molecule has 1 saturated heterocycles. The van der Waals surface area contributed by atoms with Crippen molar-refractivity contribution in [2.75, 3.05) is 19.6 Å². The molecule has 1 aliphatic heterocycles. The minimum atomic E-state index is 0.603. The normalized spacial score (nSPS) is 24.7. The number of benzene rings is 1. The molecular weight excluding hydrogens is 280 g/mol. The van der Waals surface area contributed by atoms with Crippen LogP contribution >= 0.6 is 11.6 Å². The van der Waals surface area contributed by atoms with E-state index < -0.39 is 0 Å². The number of nitrogens with one attached hydrogen (secondary N) is 1. The molecule has 2 unspecified atom stereocenters. The summed E-state index contributed by atoms with van der Waals surface area (Å²) in [5, 5.41) is 4.54. The first-order valence-electron chi connectivity index (χ1n) is 8.53. The van der Waals surface area contributed by atoms with Crippen LogP contribution in [0, 0.1) is 0 Å². The van der Waals surface area contributed by atoms with Crippen molar-refractivity contribution in [1.29, 1.82) is 0 Å². The summed E-state index contributed by atoms with van der Waals surface area (Å²) in [7, 11) is 0. The highest BCUT2D eigenvalue weighted by Crippen LogP contribution is 2.37. The Morgan fingerprint density at radius 2 is 2.24 bits per heavy atom. The first-order valence-corrected chi connectivity index (χ1v) is 8.91. The van der Waals surface area contributed by atoms with Crippen molar-refractivity contribution in [1.82, 2.24) is 10.2 Å². The lowest BCUT2D eigenvalue weighted by Crippen LogP contribution is -2.39. The smallest absolute Gasteiger partial charge is 0.0408 e. The Labute approximate surface area is 133 Å². The Bertz CT molecular complexity index is 468. The van der Waals surface area contributed by atoms with Crippen LogP contribution in [0.5, 0.6) is 0 Å². The molecule has 1 aromatic rings. The quantitative estimate of drug-likeness (QED) is 0.848. The summed E-state index contributed by atoms with van der Waals surface area (Å²) in [5.74, 6) is 0. The fourth-order valence-electron chi connectivity index (χ4n) is 3.87. The third kappa shape index (κ3) is 3.61. The minimum absolute atomic E-state index is 0.603. The van der Waals surface area contributed by atoms with Gasteiger partial charge >= 0.3 is 0 Å². The molecule has 0 saturated carbocycles. The van der Waals surface area contributed by atoms with Crippen molar-refractivity contribution in [2.24, 2.45) is 0 Å². The third-order valence-corrected chi connectivity index (χ3v) is 5.24. The maximum atomic E-state index is 6.15. The summed E-state index contributed by atoms with van der Waals surface area (Å²) in [4.78, 5) is 2.73. The molecule has 0 bridgehead atoms. The van der Waals surface area contributed by atoms with Gasteiger partial charge in [0.1, 0.15) is 0 Å². The molecular formula is C18H27ClN2. The second-order valence-corrected chi connectivity index (χ2v) is 6.98. The van der Waals surface area contributed by atoms with Gasteiger partial charge in [0, 0.05) is 23.7 Å². The van der Waals surface area contributed by atoms with Gasteiger partial charge in [-0.05, 0) is 68.5 Å². The van der Waals surface area contributed by atoms with Gasteiger partial charge in [0.25, 0.3) is 0 Å². The zero-order chi connectivity index (χ0) is 14.7. The van der Waals surface area contributed by atoms with Crippen LogP contribution < -0.4 is 5.32 Å². The van der Waals surface area contributed by atoms with E-state index >= 15 is 0 Å². The van der Waals surface area contributed by atoms with Crippen LogP contribution in [0.2, 0.25) is 5.02 Å². The van der Waals surface area contributed by atoms with E-state index in [4.69, 9.17) is 11.6 Å². The highest BCUT2D eigenvalue weighted by atomic mass is 35.5. The first kappa shape index (κ1) is 15.3. The molecule has 1 fully saturated rings. The van der Waals surface area contributed by atoms with Crippen molar-refractivity contribution in [3.8, 4) is 0 Å². The summed E-state index contributed by atoms with van der Waals surface area (Å²) in [6.07, 6.45) is 7.68. The van der Waals surface area contributed by atoms with Crippen LogP contribution in [0.4, 0.5) is 0 Å². The van der Waals surface area contributed by atoms with Crippen LogP contribution in [0.15, 0.2) is 18.2 Å². The van der Waals surface area contributed by atoms with E-state index in [0.29, 0.717) is 12.1 Å². The molecule has 2 aliphatic rings. The molecule has 1 N–H and O–H groups in total. The Hall–Kier alpha value is -0.570. The molecule has 3 heteroatoms. The van der Waals surface area contributed by atoms with Crippen LogP contribution in [-0.2, 0) is 6.42 Å². The average Bonchev–Trinajstić information content (AvgIpc) is 3.12. The lowest BCUT2D eigenvalue weighted by Gasteiger charge is -2.32. The molecule has 0 aromatic heterocycles. The number of hydrogen-bond acceptors (Lipinski definition) is 2. The molecule has 0 spiro atoms. The number of rotatable bonds is 6. The van der Waals surface area contributed by atoms with Crippen molar-refractivity contribution in [3.05, 3.63) is 34.3 Å². The summed E-state index contributed by atoms with van der Waals surface area (Å²) < 4.78 is 0. The second-order valence-electron chi connectivity index (χ2n) is 6.54. The van der Waals surface area contributed by atoms with Crippen molar-refractivity contribution in [2.45, 2.75) is 57.5 Å². The molecule has 1 aromatic carbocycles. The number of hydrogen-bond donors (Lipinski definition) is 1. The predicted molar refractivity (Wildman–Crippen MR) is 90.0 cm³/mol. The number of unbranched alkanes of at least 4 members (excludes halogenated alkanes) is 1. The van der Waals surface area contributed by atoms with E-state index in [9.17, 15) is 0 Å². The van der Waals surface area contributed by atoms with Gasteiger partial charge in [-0.1, -0.05) is 31.0 Å². The molecule has 0 radical (unpaired) electrons. The van der Waals surface area contributed by atoms with Gasteiger partial charge in [-0.25, -0.2) is 0 Å². The van der Waals surface area contributed by atoms with E-state index in [1.54, 1.807) is 0 Å². The SMILES string of the molecule is CCCCN(CC1CCCN1)C1CCc2cc(Cl)ccc21. The van der Waals surface area contributed by atoms with Crippen LogP contribution in [0.3, 0.4) is 0 Å². The van der Waals surface area contributed by atoms with Gasteiger partial charge in [-0.15, -0.1) is 0 Å². The molecule has 1 aliphatic carbocycles. The molecule has 3 rings (SSSR count). The monoisotopic (exact) mass is 306 g/mol. The topological polar surface area (TPSA) is 15.3 Å². The number of fused-ring (bicyclic) bond motifs is 1. The maximum absolute atomic E-state index is 6.15. The van der Waals surface area contributed by atoms with Crippen LogP contribution in [0.25, 0.3) is 0 Å². The molecule has 2 atom stereocenters.